The van der Waals surface area contributed by atoms with Crippen molar-refractivity contribution < 1.29 is 19.0 Å². The lowest BCUT2D eigenvalue weighted by atomic mass is 9.81. The van der Waals surface area contributed by atoms with E-state index >= 15 is 0 Å². The van der Waals surface area contributed by atoms with Crippen molar-refractivity contribution in [3.05, 3.63) is 30.3 Å². The van der Waals surface area contributed by atoms with Crippen molar-refractivity contribution in [2.75, 3.05) is 52.6 Å². The molecule has 0 saturated carbocycles. The predicted octanol–water partition coefficient (Wildman–Crippen LogP) is 1.94. The summed E-state index contributed by atoms with van der Waals surface area (Å²) < 4.78 is 17.4. The summed E-state index contributed by atoms with van der Waals surface area (Å²) in [6.07, 6.45) is 4.03. The lowest BCUT2D eigenvalue weighted by molar-refractivity contribution is -0.153. The van der Waals surface area contributed by atoms with Gasteiger partial charge >= 0.3 is 0 Å². The highest BCUT2D eigenvalue weighted by Gasteiger charge is 2.42. The number of amides is 1. The van der Waals surface area contributed by atoms with Crippen molar-refractivity contribution in [1.82, 2.24) is 9.80 Å². The maximum Gasteiger partial charge on any atom is 0.260 e. The molecule has 148 valence electrons. The Morgan fingerprint density at radius 2 is 1.81 bits per heavy atom. The maximum absolute atomic E-state index is 12.5. The first-order valence-electron chi connectivity index (χ1n) is 10.2. The minimum atomic E-state index is -0.0573. The van der Waals surface area contributed by atoms with Crippen LogP contribution in [0.2, 0.25) is 0 Å². The summed E-state index contributed by atoms with van der Waals surface area (Å²) >= 11 is 0. The molecule has 0 aromatic heterocycles. The zero-order chi connectivity index (χ0) is 18.5. The second-order valence-corrected chi connectivity index (χ2v) is 7.81. The van der Waals surface area contributed by atoms with E-state index in [1.165, 1.54) is 0 Å². The molecule has 0 radical (unpaired) electrons. The van der Waals surface area contributed by atoms with Crippen LogP contribution in [0.5, 0.6) is 5.75 Å². The van der Waals surface area contributed by atoms with Gasteiger partial charge in [0.25, 0.3) is 5.91 Å². The first-order valence-corrected chi connectivity index (χ1v) is 10.2. The second kappa shape index (κ2) is 8.59. The van der Waals surface area contributed by atoms with E-state index in [0.717, 1.165) is 77.4 Å². The van der Waals surface area contributed by atoms with Gasteiger partial charge in [-0.25, -0.2) is 0 Å². The molecule has 6 nitrogen and oxygen atoms in total. The van der Waals surface area contributed by atoms with Gasteiger partial charge in [-0.2, -0.15) is 0 Å². The van der Waals surface area contributed by atoms with E-state index in [9.17, 15) is 4.79 Å². The van der Waals surface area contributed by atoms with Crippen LogP contribution in [-0.2, 0) is 14.3 Å². The standard InChI is InChI=1S/C21H30N2O4/c24-20(17-26-19-4-2-1-3-5-19)23-9-7-21(8-10-23)16-18(6-13-27-21)22-11-14-25-15-12-22/h1-5,18H,6-17H2. The zero-order valence-electron chi connectivity index (χ0n) is 16.0. The molecule has 0 aliphatic carbocycles. The zero-order valence-corrected chi connectivity index (χ0v) is 16.0. The summed E-state index contributed by atoms with van der Waals surface area (Å²) in [6.45, 7) is 6.19. The molecule has 1 aromatic carbocycles. The Morgan fingerprint density at radius 3 is 2.56 bits per heavy atom. The number of piperidine rings is 1. The smallest absolute Gasteiger partial charge is 0.260 e. The molecule has 3 saturated heterocycles. The van der Waals surface area contributed by atoms with E-state index in [4.69, 9.17) is 14.2 Å². The number of hydrogen-bond donors (Lipinski definition) is 0. The van der Waals surface area contributed by atoms with Gasteiger partial charge in [0.05, 0.1) is 18.8 Å². The third-order valence-electron chi connectivity index (χ3n) is 6.16. The molecule has 3 aliphatic rings. The van der Waals surface area contributed by atoms with Gasteiger partial charge in [0.2, 0.25) is 0 Å². The quantitative estimate of drug-likeness (QED) is 0.806. The number of morpholine rings is 1. The molecular formula is C21H30N2O4. The summed E-state index contributed by atoms with van der Waals surface area (Å²) in [6, 6.07) is 10.1. The van der Waals surface area contributed by atoms with Gasteiger partial charge in [-0.3, -0.25) is 9.69 Å². The number of nitrogens with zero attached hydrogens (tertiary/aromatic N) is 2. The van der Waals surface area contributed by atoms with Crippen LogP contribution in [0.1, 0.15) is 25.7 Å². The number of carbonyl (C=O) groups is 1. The average Bonchev–Trinajstić information content (AvgIpc) is 2.74. The van der Waals surface area contributed by atoms with E-state index in [2.05, 4.69) is 4.90 Å². The van der Waals surface area contributed by atoms with Crippen molar-refractivity contribution in [1.29, 1.82) is 0 Å². The molecule has 0 N–H and O–H groups in total. The summed E-state index contributed by atoms with van der Waals surface area (Å²) in [5.41, 5.74) is -0.0573. The van der Waals surface area contributed by atoms with Crippen LogP contribution in [0.15, 0.2) is 30.3 Å². The molecule has 6 heteroatoms. The third-order valence-corrected chi connectivity index (χ3v) is 6.16. The van der Waals surface area contributed by atoms with Gasteiger partial charge < -0.3 is 19.1 Å². The highest BCUT2D eigenvalue weighted by atomic mass is 16.5. The highest BCUT2D eigenvalue weighted by molar-refractivity contribution is 5.77. The molecule has 1 atom stereocenters. The molecular weight excluding hydrogens is 344 g/mol. The molecule has 3 heterocycles. The average molecular weight is 374 g/mol. The third kappa shape index (κ3) is 4.62. The normalized spacial score (nSPS) is 26.1. The number of carbonyl (C=O) groups excluding carboxylic acids is 1. The first kappa shape index (κ1) is 18.7. The summed E-state index contributed by atoms with van der Waals surface area (Å²) in [5.74, 6) is 0.803. The molecule has 1 aromatic rings. The predicted molar refractivity (Wildman–Crippen MR) is 102 cm³/mol. The Balaban J connectivity index is 1.26. The van der Waals surface area contributed by atoms with Crippen molar-refractivity contribution in [3.8, 4) is 5.75 Å². The molecule has 1 spiro atoms. The Morgan fingerprint density at radius 1 is 1.07 bits per heavy atom. The number of para-hydroxylation sites is 1. The number of rotatable bonds is 4. The van der Waals surface area contributed by atoms with Crippen LogP contribution in [-0.4, -0.2) is 80.0 Å². The molecule has 1 unspecified atom stereocenters. The maximum atomic E-state index is 12.5. The topological polar surface area (TPSA) is 51.2 Å². The van der Waals surface area contributed by atoms with Crippen molar-refractivity contribution in [2.45, 2.75) is 37.3 Å². The fraction of sp³-hybridized carbons (Fsp3) is 0.667. The molecule has 27 heavy (non-hydrogen) atoms. The van der Waals surface area contributed by atoms with Crippen molar-refractivity contribution in [3.63, 3.8) is 0 Å². The van der Waals surface area contributed by atoms with E-state index in [0.29, 0.717) is 6.04 Å². The summed E-state index contributed by atoms with van der Waals surface area (Å²) in [4.78, 5) is 17.0. The van der Waals surface area contributed by atoms with Gasteiger partial charge in [0.15, 0.2) is 6.61 Å². The van der Waals surface area contributed by atoms with Gasteiger partial charge in [-0.15, -0.1) is 0 Å². The van der Waals surface area contributed by atoms with Gasteiger partial charge in [0.1, 0.15) is 5.75 Å². The van der Waals surface area contributed by atoms with Crippen LogP contribution < -0.4 is 4.74 Å². The molecule has 1 amide bonds. The van der Waals surface area contributed by atoms with Gasteiger partial charge in [0, 0.05) is 38.8 Å². The van der Waals surface area contributed by atoms with Crippen molar-refractivity contribution >= 4 is 5.91 Å². The summed E-state index contributed by atoms with van der Waals surface area (Å²) in [7, 11) is 0. The Bertz CT molecular complexity index is 610. The highest BCUT2D eigenvalue weighted by Crippen LogP contribution is 2.37. The number of ether oxygens (including phenoxy) is 3. The Kier molecular flexibility index (Phi) is 5.95. The molecule has 3 fully saturated rings. The minimum Gasteiger partial charge on any atom is -0.484 e. The molecule has 4 rings (SSSR count). The van der Waals surface area contributed by atoms with Crippen LogP contribution in [0, 0.1) is 0 Å². The van der Waals surface area contributed by atoms with E-state index in [-0.39, 0.29) is 18.1 Å². The Hall–Kier alpha value is -1.63. The number of likely N-dealkylation sites (tertiary alicyclic amines) is 1. The van der Waals surface area contributed by atoms with E-state index < -0.39 is 0 Å². The molecule has 0 bridgehead atoms. The minimum absolute atomic E-state index is 0.0573. The van der Waals surface area contributed by atoms with Crippen LogP contribution in [0.25, 0.3) is 0 Å². The van der Waals surface area contributed by atoms with Gasteiger partial charge in [-0.1, -0.05) is 18.2 Å². The summed E-state index contributed by atoms with van der Waals surface area (Å²) in [5, 5.41) is 0. The lowest BCUT2D eigenvalue weighted by Gasteiger charge is -2.49. The SMILES string of the molecule is O=C(COc1ccccc1)N1CCC2(CC1)CC(N1CCOCC1)CCO2. The fourth-order valence-corrected chi connectivity index (χ4v) is 4.52. The first-order chi connectivity index (χ1) is 13.2. The van der Waals surface area contributed by atoms with Gasteiger partial charge in [-0.05, 0) is 37.8 Å². The van der Waals surface area contributed by atoms with Crippen LogP contribution >= 0.6 is 0 Å². The van der Waals surface area contributed by atoms with Crippen molar-refractivity contribution in [2.24, 2.45) is 0 Å². The Labute approximate surface area is 161 Å². The fourth-order valence-electron chi connectivity index (χ4n) is 4.52. The lowest BCUT2D eigenvalue weighted by Crippen LogP contribution is -2.56. The van der Waals surface area contributed by atoms with Crippen LogP contribution in [0.3, 0.4) is 0 Å². The van der Waals surface area contributed by atoms with Crippen LogP contribution in [0.4, 0.5) is 0 Å². The monoisotopic (exact) mass is 374 g/mol. The molecule has 3 aliphatic heterocycles. The largest absolute Gasteiger partial charge is 0.484 e. The van der Waals surface area contributed by atoms with E-state index in [1.807, 2.05) is 35.2 Å². The van der Waals surface area contributed by atoms with E-state index in [1.54, 1.807) is 0 Å². The number of benzene rings is 1. The second-order valence-electron chi connectivity index (χ2n) is 7.81. The number of hydrogen-bond acceptors (Lipinski definition) is 5.